The SMILES string of the molecule is COc1ccc(-n2nc(C)c3c2NC(=O)C(C)SC3c2ccc3c(c2)OCO3)cc1. The molecule has 8 heteroatoms. The molecule has 0 radical (unpaired) electrons. The fourth-order valence-electron chi connectivity index (χ4n) is 3.76. The van der Waals surface area contributed by atoms with Crippen molar-refractivity contribution in [3.05, 3.63) is 59.3 Å². The Morgan fingerprint density at radius 3 is 2.70 bits per heavy atom. The molecule has 2 aromatic carbocycles. The van der Waals surface area contributed by atoms with E-state index in [9.17, 15) is 4.79 Å². The van der Waals surface area contributed by atoms with E-state index in [1.54, 1.807) is 23.6 Å². The molecular formula is C22H21N3O4S. The van der Waals surface area contributed by atoms with Gasteiger partial charge in [0.1, 0.15) is 11.6 Å². The van der Waals surface area contributed by atoms with E-state index in [1.165, 1.54) is 0 Å². The first-order chi connectivity index (χ1) is 14.5. The van der Waals surface area contributed by atoms with Crippen molar-refractivity contribution >= 4 is 23.5 Å². The number of hydrogen-bond acceptors (Lipinski definition) is 6. The van der Waals surface area contributed by atoms with Gasteiger partial charge in [0.2, 0.25) is 12.7 Å². The lowest BCUT2D eigenvalue weighted by molar-refractivity contribution is -0.115. The lowest BCUT2D eigenvalue weighted by atomic mass is 10.0. The topological polar surface area (TPSA) is 74.6 Å². The van der Waals surface area contributed by atoms with Crippen molar-refractivity contribution in [2.75, 3.05) is 19.2 Å². The second kappa shape index (κ2) is 7.28. The largest absolute Gasteiger partial charge is 0.497 e. The van der Waals surface area contributed by atoms with Gasteiger partial charge in [0.05, 0.1) is 29.0 Å². The molecule has 30 heavy (non-hydrogen) atoms. The van der Waals surface area contributed by atoms with Gasteiger partial charge in [0, 0.05) is 5.56 Å². The predicted molar refractivity (Wildman–Crippen MR) is 115 cm³/mol. The number of thioether (sulfide) groups is 1. The summed E-state index contributed by atoms with van der Waals surface area (Å²) in [7, 11) is 1.63. The number of rotatable bonds is 3. The van der Waals surface area contributed by atoms with Crippen LogP contribution in [0.4, 0.5) is 5.82 Å². The Balaban J connectivity index is 1.64. The summed E-state index contributed by atoms with van der Waals surface area (Å²) >= 11 is 1.60. The van der Waals surface area contributed by atoms with Gasteiger partial charge in [0.15, 0.2) is 11.5 Å². The number of anilines is 1. The van der Waals surface area contributed by atoms with Gasteiger partial charge in [-0.2, -0.15) is 5.10 Å². The number of fused-ring (bicyclic) bond motifs is 2. The highest BCUT2D eigenvalue weighted by molar-refractivity contribution is 8.01. The van der Waals surface area contributed by atoms with Crippen LogP contribution in [-0.2, 0) is 4.79 Å². The number of aryl methyl sites for hydroxylation is 1. The standard InChI is InChI=1S/C22H21N3O4S/c1-12-19-20(14-4-9-17-18(10-14)29-11-28-17)30-13(2)22(26)23-21(19)25(24-12)15-5-7-16(27-3)8-6-15/h4-10,13,20H,11H2,1-3H3,(H,23,26). The minimum absolute atomic E-state index is 0.0424. The Kier molecular flexibility index (Phi) is 4.58. The summed E-state index contributed by atoms with van der Waals surface area (Å²) < 4.78 is 18.1. The molecule has 0 fully saturated rings. The molecule has 0 aliphatic carbocycles. The Bertz CT molecular complexity index is 1130. The molecule has 2 atom stereocenters. The number of nitrogens with one attached hydrogen (secondary N) is 1. The first-order valence-electron chi connectivity index (χ1n) is 9.65. The average molecular weight is 423 g/mol. The summed E-state index contributed by atoms with van der Waals surface area (Å²) in [6.07, 6.45) is 0. The first kappa shape index (κ1) is 18.9. The molecule has 1 aromatic heterocycles. The lowest BCUT2D eigenvalue weighted by Gasteiger charge is -2.17. The zero-order chi connectivity index (χ0) is 20.8. The number of ether oxygens (including phenoxy) is 3. The maximum absolute atomic E-state index is 12.8. The van der Waals surface area contributed by atoms with E-state index in [-0.39, 0.29) is 23.2 Å². The maximum atomic E-state index is 12.8. The number of carbonyl (C=O) groups excluding carboxylic acids is 1. The van der Waals surface area contributed by atoms with Crippen LogP contribution in [0.25, 0.3) is 5.69 Å². The van der Waals surface area contributed by atoms with E-state index >= 15 is 0 Å². The number of benzene rings is 2. The van der Waals surface area contributed by atoms with Gasteiger partial charge in [-0.1, -0.05) is 6.07 Å². The summed E-state index contributed by atoms with van der Waals surface area (Å²) in [5.74, 6) is 2.89. The van der Waals surface area contributed by atoms with Gasteiger partial charge >= 0.3 is 0 Å². The number of carbonyl (C=O) groups is 1. The predicted octanol–water partition coefficient (Wildman–Crippen LogP) is 4.08. The molecule has 2 unspecified atom stereocenters. The summed E-state index contributed by atoms with van der Waals surface area (Å²) in [6, 6.07) is 13.6. The van der Waals surface area contributed by atoms with Crippen molar-refractivity contribution < 1.29 is 19.0 Å². The van der Waals surface area contributed by atoms with Crippen LogP contribution in [0.2, 0.25) is 0 Å². The third-order valence-corrected chi connectivity index (χ3v) is 6.74. The number of methoxy groups -OCH3 is 1. The van der Waals surface area contributed by atoms with Crippen LogP contribution in [-0.4, -0.2) is 34.8 Å². The average Bonchev–Trinajstić information content (AvgIpc) is 3.32. The van der Waals surface area contributed by atoms with Crippen LogP contribution < -0.4 is 19.5 Å². The highest BCUT2D eigenvalue weighted by atomic mass is 32.2. The number of aromatic nitrogens is 2. The quantitative estimate of drug-likeness (QED) is 0.684. The molecule has 154 valence electrons. The van der Waals surface area contributed by atoms with Crippen molar-refractivity contribution in [1.82, 2.24) is 9.78 Å². The first-order valence-corrected chi connectivity index (χ1v) is 10.6. The molecule has 3 aromatic rings. The van der Waals surface area contributed by atoms with E-state index in [0.29, 0.717) is 5.82 Å². The number of amides is 1. The highest BCUT2D eigenvalue weighted by Gasteiger charge is 2.34. The van der Waals surface area contributed by atoms with Crippen LogP contribution >= 0.6 is 11.8 Å². The van der Waals surface area contributed by atoms with Crippen LogP contribution in [0, 0.1) is 6.92 Å². The Hall–Kier alpha value is -3.13. The highest BCUT2D eigenvalue weighted by Crippen LogP contribution is 2.48. The molecule has 3 heterocycles. The molecule has 0 saturated heterocycles. The van der Waals surface area contributed by atoms with Crippen LogP contribution in [0.15, 0.2) is 42.5 Å². The van der Waals surface area contributed by atoms with Gasteiger partial charge < -0.3 is 19.5 Å². The Labute approximate surface area is 178 Å². The minimum atomic E-state index is -0.225. The molecule has 1 amide bonds. The second-order valence-electron chi connectivity index (χ2n) is 7.22. The van der Waals surface area contributed by atoms with Gasteiger partial charge in [-0.05, 0) is 55.8 Å². The minimum Gasteiger partial charge on any atom is -0.497 e. The number of nitrogens with zero attached hydrogens (tertiary/aromatic N) is 2. The fraction of sp³-hybridized carbons (Fsp3) is 0.273. The molecule has 2 aliphatic heterocycles. The molecule has 0 spiro atoms. The Morgan fingerprint density at radius 1 is 1.17 bits per heavy atom. The molecular weight excluding hydrogens is 402 g/mol. The summed E-state index contributed by atoms with van der Waals surface area (Å²) in [5, 5.41) is 7.55. The van der Waals surface area contributed by atoms with Crippen LogP contribution in [0.5, 0.6) is 17.2 Å². The third kappa shape index (κ3) is 3.08. The molecule has 2 aliphatic rings. The van der Waals surface area contributed by atoms with E-state index < -0.39 is 0 Å². The van der Waals surface area contributed by atoms with Crippen molar-refractivity contribution in [2.24, 2.45) is 0 Å². The zero-order valence-electron chi connectivity index (χ0n) is 16.8. The zero-order valence-corrected chi connectivity index (χ0v) is 17.7. The van der Waals surface area contributed by atoms with Crippen molar-refractivity contribution in [3.63, 3.8) is 0 Å². The smallest absolute Gasteiger partial charge is 0.238 e. The third-order valence-electron chi connectivity index (χ3n) is 5.34. The van der Waals surface area contributed by atoms with Gasteiger partial charge in [-0.15, -0.1) is 11.8 Å². The van der Waals surface area contributed by atoms with Gasteiger partial charge in [-0.3, -0.25) is 4.79 Å². The lowest BCUT2D eigenvalue weighted by Crippen LogP contribution is -2.22. The Morgan fingerprint density at radius 2 is 1.93 bits per heavy atom. The second-order valence-corrected chi connectivity index (χ2v) is 8.67. The van der Waals surface area contributed by atoms with Crippen molar-refractivity contribution in [3.8, 4) is 22.9 Å². The molecule has 0 bridgehead atoms. The fourth-order valence-corrected chi connectivity index (χ4v) is 5.07. The normalized spacial score (nSPS) is 19.8. The van der Waals surface area contributed by atoms with Gasteiger partial charge in [-0.25, -0.2) is 4.68 Å². The molecule has 5 rings (SSSR count). The monoisotopic (exact) mass is 423 g/mol. The molecule has 0 saturated carbocycles. The van der Waals surface area contributed by atoms with E-state index in [0.717, 1.165) is 39.8 Å². The maximum Gasteiger partial charge on any atom is 0.238 e. The van der Waals surface area contributed by atoms with Crippen molar-refractivity contribution in [1.29, 1.82) is 0 Å². The van der Waals surface area contributed by atoms with Gasteiger partial charge in [0.25, 0.3) is 0 Å². The summed E-state index contributed by atoms with van der Waals surface area (Å²) in [4.78, 5) is 12.8. The van der Waals surface area contributed by atoms with E-state index in [2.05, 4.69) is 5.32 Å². The summed E-state index contributed by atoms with van der Waals surface area (Å²) in [6.45, 7) is 4.13. The van der Waals surface area contributed by atoms with Crippen molar-refractivity contribution in [2.45, 2.75) is 24.3 Å². The summed E-state index contributed by atoms with van der Waals surface area (Å²) in [5.41, 5.74) is 3.76. The molecule has 7 nitrogen and oxygen atoms in total. The van der Waals surface area contributed by atoms with Crippen LogP contribution in [0.3, 0.4) is 0 Å². The number of hydrogen-bond donors (Lipinski definition) is 1. The van der Waals surface area contributed by atoms with E-state index in [4.69, 9.17) is 19.3 Å². The molecule has 1 N–H and O–H groups in total. The van der Waals surface area contributed by atoms with E-state index in [1.807, 2.05) is 56.3 Å². The van der Waals surface area contributed by atoms with Crippen LogP contribution in [0.1, 0.15) is 29.0 Å².